The van der Waals surface area contributed by atoms with Gasteiger partial charge in [0.15, 0.2) is 0 Å². The van der Waals surface area contributed by atoms with E-state index in [2.05, 4.69) is 36.6 Å². The molecule has 0 bridgehead atoms. The molecule has 1 aliphatic rings. The minimum absolute atomic E-state index is 0.0547. The summed E-state index contributed by atoms with van der Waals surface area (Å²) in [6, 6.07) is 6.33. The number of amides is 1. The molecular weight excluding hydrogens is 264 g/mol. The summed E-state index contributed by atoms with van der Waals surface area (Å²) in [7, 11) is 1.67. The van der Waals surface area contributed by atoms with E-state index in [9.17, 15) is 4.79 Å². The second kappa shape index (κ2) is 5.68. The molecule has 2 rings (SSSR count). The molecule has 0 aliphatic carbocycles. The number of fused-ring (bicyclic) bond motifs is 1. The molecule has 0 saturated carbocycles. The molecule has 0 saturated heterocycles. The summed E-state index contributed by atoms with van der Waals surface area (Å²) >= 11 is 0. The number of ether oxygens (including phenoxy) is 1. The van der Waals surface area contributed by atoms with Crippen LogP contribution in [0, 0.1) is 5.41 Å². The first-order chi connectivity index (χ1) is 9.73. The van der Waals surface area contributed by atoms with E-state index in [-0.39, 0.29) is 11.5 Å². The fraction of sp³-hybridized carbons (Fsp3) is 0.588. The molecule has 116 valence electrons. The van der Waals surface area contributed by atoms with E-state index in [1.165, 1.54) is 11.1 Å². The van der Waals surface area contributed by atoms with E-state index in [0.29, 0.717) is 6.54 Å². The van der Waals surface area contributed by atoms with Crippen LogP contribution in [0.5, 0.6) is 5.75 Å². The van der Waals surface area contributed by atoms with Crippen LogP contribution in [0.25, 0.3) is 0 Å². The summed E-state index contributed by atoms with van der Waals surface area (Å²) in [4.78, 5) is 11.7. The Kier molecular flexibility index (Phi) is 4.28. The Balaban J connectivity index is 1.93. The Bertz CT molecular complexity index is 536. The zero-order valence-electron chi connectivity index (χ0n) is 13.7. The van der Waals surface area contributed by atoms with Gasteiger partial charge in [0.2, 0.25) is 5.91 Å². The minimum atomic E-state index is -0.406. The third-order valence-electron chi connectivity index (χ3n) is 3.87. The molecule has 0 aromatic heterocycles. The van der Waals surface area contributed by atoms with Crippen LogP contribution in [0.15, 0.2) is 18.2 Å². The van der Waals surface area contributed by atoms with Gasteiger partial charge in [0.25, 0.3) is 0 Å². The van der Waals surface area contributed by atoms with Gasteiger partial charge in [-0.05, 0) is 44.9 Å². The highest BCUT2D eigenvalue weighted by molar-refractivity contribution is 5.81. The molecule has 1 aromatic carbocycles. The van der Waals surface area contributed by atoms with Gasteiger partial charge in [-0.2, -0.15) is 0 Å². The van der Waals surface area contributed by atoms with Crippen LogP contribution in [0.4, 0.5) is 0 Å². The first-order valence-electron chi connectivity index (χ1n) is 7.47. The normalized spacial score (nSPS) is 16.2. The van der Waals surface area contributed by atoms with Gasteiger partial charge in [-0.15, -0.1) is 0 Å². The van der Waals surface area contributed by atoms with Gasteiger partial charge in [-0.3, -0.25) is 4.79 Å². The highest BCUT2D eigenvalue weighted by Crippen LogP contribution is 2.35. The van der Waals surface area contributed by atoms with Gasteiger partial charge in [-0.25, -0.2) is 0 Å². The molecule has 0 fully saturated rings. The zero-order valence-corrected chi connectivity index (χ0v) is 13.7. The molecule has 1 amide bonds. The van der Waals surface area contributed by atoms with Crippen molar-refractivity contribution in [1.82, 2.24) is 10.6 Å². The zero-order chi connectivity index (χ0) is 15.7. The number of rotatable bonds is 5. The van der Waals surface area contributed by atoms with Crippen molar-refractivity contribution in [2.75, 3.05) is 13.6 Å². The van der Waals surface area contributed by atoms with E-state index in [4.69, 9.17) is 4.74 Å². The summed E-state index contributed by atoms with van der Waals surface area (Å²) in [6.45, 7) is 9.50. The fourth-order valence-electron chi connectivity index (χ4n) is 2.71. The number of hydrogen-bond donors (Lipinski definition) is 2. The Labute approximate surface area is 127 Å². The first-order valence-corrected chi connectivity index (χ1v) is 7.47. The molecule has 0 unspecified atom stereocenters. The minimum Gasteiger partial charge on any atom is -0.487 e. The Morgan fingerprint density at radius 1 is 1.38 bits per heavy atom. The predicted octanol–water partition coefficient (Wildman–Crippen LogP) is 2.26. The van der Waals surface area contributed by atoms with E-state index in [1.807, 2.05) is 19.9 Å². The quantitative estimate of drug-likeness (QED) is 0.874. The lowest BCUT2D eigenvalue weighted by Crippen LogP contribution is -2.41. The lowest BCUT2D eigenvalue weighted by molar-refractivity contribution is -0.128. The lowest BCUT2D eigenvalue weighted by Gasteiger charge is -2.23. The van der Waals surface area contributed by atoms with Crippen LogP contribution in [-0.4, -0.2) is 25.1 Å². The predicted molar refractivity (Wildman–Crippen MR) is 84.4 cm³/mol. The smallest absolute Gasteiger partial charge is 0.226 e. The SMILES string of the molecule is CNC(=O)C(C)(C)CNCc1ccc2c(c1)CC(C)(C)O2. The van der Waals surface area contributed by atoms with Crippen molar-refractivity contribution >= 4 is 5.91 Å². The summed E-state index contributed by atoms with van der Waals surface area (Å²) in [5.41, 5.74) is 1.99. The second-order valence-electron chi connectivity index (χ2n) is 7.05. The van der Waals surface area contributed by atoms with Gasteiger partial charge in [-0.1, -0.05) is 12.1 Å². The molecule has 0 spiro atoms. The van der Waals surface area contributed by atoms with Crippen molar-refractivity contribution in [3.63, 3.8) is 0 Å². The van der Waals surface area contributed by atoms with Crippen LogP contribution in [0.2, 0.25) is 0 Å². The molecule has 0 atom stereocenters. The van der Waals surface area contributed by atoms with Crippen molar-refractivity contribution in [1.29, 1.82) is 0 Å². The van der Waals surface area contributed by atoms with Crippen LogP contribution in [0.3, 0.4) is 0 Å². The van der Waals surface area contributed by atoms with E-state index < -0.39 is 5.41 Å². The van der Waals surface area contributed by atoms with Crippen molar-refractivity contribution in [2.45, 2.75) is 46.3 Å². The second-order valence-corrected chi connectivity index (χ2v) is 7.05. The summed E-state index contributed by atoms with van der Waals surface area (Å²) in [6.07, 6.45) is 0.944. The summed E-state index contributed by atoms with van der Waals surface area (Å²) in [5, 5.41) is 6.07. The van der Waals surface area contributed by atoms with E-state index in [0.717, 1.165) is 18.7 Å². The van der Waals surface area contributed by atoms with Crippen LogP contribution >= 0.6 is 0 Å². The highest BCUT2D eigenvalue weighted by Gasteiger charge is 2.30. The Hall–Kier alpha value is -1.55. The maximum atomic E-state index is 11.7. The van der Waals surface area contributed by atoms with Crippen LogP contribution < -0.4 is 15.4 Å². The molecule has 2 N–H and O–H groups in total. The van der Waals surface area contributed by atoms with Crippen molar-refractivity contribution in [3.05, 3.63) is 29.3 Å². The molecule has 4 heteroatoms. The lowest BCUT2D eigenvalue weighted by atomic mass is 9.92. The molecule has 1 heterocycles. The van der Waals surface area contributed by atoms with Gasteiger partial charge in [0.1, 0.15) is 11.4 Å². The maximum absolute atomic E-state index is 11.7. The van der Waals surface area contributed by atoms with Crippen molar-refractivity contribution in [2.24, 2.45) is 5.41 Å². The molecule has 4 nitrogen and oxygen atoms in total. The summed E-state index contributed by atoms with van der Waals surface area (Å²) in [5.74, 6) is 1.05. The first kappa shape index (κ1) is 15.8. The Morgan fingerprint density at radius 2 is 2.10 bits per heavy atom. The summed E-state index contributed by atoms with van der Waals surface area (Å²) < 4.78 is 5.88. The number of benzene rings is 1. The molecule has 21 heavy (non-hydrogen) atoms. The standard InChI is InChI=1S/C17H26N2O2/c1-16(2,15(20)18-5)11-19-10-12-6-7-14-13(8-12)9-17(3,4)21-14/h6-8,19H,9-11H2,1-5H3,(H,18,20). The average Bonchev–Trinajstić information content (AvgIpc) is 2.70. The van der Waals surface area contributed by atoms with Crippen molar-refractivity contribution < 1.29 is 9.53 Å². The highest BCUT2D eigenvalue weighted by atomic mass is 16.5. The molecule has 0 radical (unpaired) electrons. The molecule has 1 aromatic rings. The number of carbonyl (C=O) groups excluding carboxylic acids is 1. The monoisotopic (exact) mass is 290 g/mol. The maximum Gasteiger partial charge on any atom is 0.226 e. The molecular formula is C17H26N2O2. The number of carbonyl (C=O) groups is 1. The van der Waals surface area contributed by atoms with Crippen LogP contribution in [-0.2, 0) is 17.8 Å². The molecule has 1 aliphatic heterocycles. The van der Waals surface area contributed by atoms with Gasteiger partial charge < -0.3 is 15.4 Å². The number of nitrogens with one attached hydrogen (secondary N) is 2. The van der Waals surface area contributed by atoms with Gasteiger partial charge in [0, 0.05) is 26.6 Å². The topological polar surface area (TPSA) is 50.4 Å². The van der Waals surface area contributed by atoms with Gasteiger partial charge in [0.05, 0.1) is 5.41 Å². The fourth-order valence-corrected chi connectivity index (χ4v) is 2.71. The van der Waals surface area contributed by atoms with Gasteiger partial charge >= 0.3 is 0 Å². The van der Waals surface area contributed by atoms with E-state index in [1.54, 1.807) is 7.05 Å². The van der Waals surface area contributed by atoms with Crippen LogP contribution in [0.1, 0.15) is 38.8 Å². The third kappa shape index (κ3) is 3.76. The third-order valence-corrected chi connectivity index (χ3v) is 3.87. The Morgan fingerprint density at radius 3 is 2.76 bits per heavy atom. The average molecular weight is 290 g/mol. The number of hydrogen-bond acceptors (Lipinski definition) is 3. The largest absolute Gasteiger partial charge is 0.487 e. The van der Waals surface area contributed by atoms with Crippen molar-refractivity contribution in [3.8, 4) is 5.75 Å². The van der Waals surface area contributed by atoms with E-state index >= 15 is 0 Å².